The maximum atomic E-state index is 13.7. The van der Waals surface area contributed by atoms with Gasteiger partial charge in [-0.15, -0.1) is 0 Å². The maximum absolute atomic E-state index is 13.7. The molecule has 2 rings (SSSR count). The van der Waals surface area contributed by atoms with Crippen LogP contribution in [-0.2, 0) is 11.2 Å². The van der Waals surface area contributed by atoms with Gasteiger partial charge in [0.25, 0.3) is 0 Å². The smallest absolute Gasteiger partial charge is 0.227 e. The lowest BCUT2D eigenvalue weighted by atomic mass is 10.1. The van der Waals surface area contributed by atoms with Crippen molar-refractivity contribution in [3.63, 3.8) is 0 Å². The van der Waals surface area contributed by atoms with Crippen LogP contribution in [0.1, 0.15) is 12.0 Å². The highest BCUT2D eigenvalue weighted by Crippen LogP contribution is 2.20. The van der Waals surface area contributed by atoms with Crippen LogP contribution in [0.25, 0.3) is 0 Å². The largest absolute Gasteiger partial charge is 0.341 e. The molecule has 1 heterocycles. The van der Waals surface area contributed by atoms with Crippen molar-refractivity contribution in [1.29, 1.82) is 0 Å². The topological polar surface area (TPSA) is 23.6 Å². The summed E-state index contributed by atoms with van der Waals surface area (Å²) in [6.45, 7) is 3.28. The number of rotatable bonds is 2. The fourth-order valence-corrected chi connectivity index (χ4v) is 2.49. The quantitative estimate of drug-likeness (QED) is 0.831. The molecule has 0 radical (unpaired) electrons. The molecule has 1 aliphatic rings. The molecule has 1 aromatic rings. The van der Waals surface area contributed by atoms with E-state index in [1.165, 1.54) is 6.07 Å². The van der Waals surface area contributed by atoms with Crippen LogP contribution in [0.15, 0.2) is 18.2 Å². The van der Waals surface area contributed by atoms with E-state index in [0.717, 1.165) is 26.1 Å². The average molecular weight is 285 g/mol. The minimum absolute atomic E-state index is 0.0369. The highest BCUT2D eigenvalue weighted by Gasteiger charge is 2.20. The van der Waals surface area contributed by atoms with Gasteiger partial charge in [-0.3, -0.25) is 4.79 Å². The summed E-state index contributed by atoms with van der Waals surface area (Å²) in [4.78, 5) is 16.2. The minimum atomic E-state index is -0.409. The van der Waals surface area contributed by atoms with Crippen LogP contribution >= 0.6 is 11.6 Å². The summed E-state index contributed by atoms with van der Waals surface area (Å²) in [5.74, 6) is -0.463. The van der Waals surface area contributed by atoms with Crippen molar-refractivity contribution in [1.82, 2.24) is 9.80 Å². The van der Waals surface area contributed by atoms with E-state index in [4.69, 9.17) is 11.6 Å². The van der Waals surface area contributed by atoms with Crippen molar-refractivity contribution < 1.29 is 9.18 Å². The third-order valence-electron chi connectivity index (χ3n) is 3.46. The Morgan fingerprint density at radius 3 is 2.84 bits per heavy atom. The molecule has 19 heavy (non-hydrogen) atoms. The Morgan fingerprint density at radius 2 is 2.11 bits per heavy atom. The highest BCUT2D eigenvalue weighted by atomic mass is 35.5. The summed E-state index contributed by atoms with van der Waals surface area (Å²) in [5.41, 5.74) is 0.298. The number of hydrogen-bond acceptors (Lipinski definition) is 2. The van der Waals surface area contributed by atoms with Gasteiger partial charge in [0.2, 0.25) is 5.91 Å². The number of likely N-dealkylation sites (N-methyl/N-ethyl adjacent to an activating group) is 1. The van der Waals surface area contributed by atoms with Gasteiger partial charge in [-0.05, 0) is 32.1 Å². The van der Waals surface area contributed by atoms with Crippen LogP contribution in [0.3, 0.4) is 0 Å². The lowest BCUT2D eigenvalue weighted by molar-refractivity contribution is -0.130. The summed E-state index contributed by atoms with van der Waals surface area (Å²) in [6.07, 6.45) is 0.989. The highest BCUT2D eigenvalue weighted by molar-refractivity contribution is 6.31. The molecule has 1 saturated heterocycles. The van der Waals surface area contributed by atoms with Gasteiger partial charge in [0, 0.05) is 30.2 Å². The molecule has 0 atom stereocenters. The molecule has 0 bridgehead atoms. The average Bonchev–Trinajstić information content (AvgIpc) is 2.59. The molecule has 0 spiro atoms. The summed E-state index contributed by atoms with van der Waals surface area (Å²) < 4.78 is 13.7. The predicted octanol–water partition coefficient (Wildman–Crippen LogP) is 2.19. The van der Waals surface area contributed by atoms with E-state index in [1.807, 2.05) is 7.05 Å². The standard InChI is InChI=1S/C14H18ClFN2O/c1-17-6-3-7-18(9-8-17)14(19)10-11-12(15)4-2-5-13(11)16/h2,4-5H,3,6-10H2,1H3. The molecular formula is C14H18ClFN2O. The number of nitrogens with zero attached hydrogens (tertiary/aromatic N) is 2. The minimum Gasteiger partial charge on any atom is -0.341 e. The number of carbonyl (C=O) groups excluding carboxylic acids is 1. The van der Waals surface area contributed by atoms with Gasteiger partial charge in [0.05, 0.1) is 6.42 Å². The number of carbonyl (C=O) groups is 1. The lowest BCUT2D eigenvalue weighted by Crippen LogP contribution is -2.35. The molecule has 1 amide bonds. The molecule has 1 fully saturated rings. The van der Waals surface area contributed by atoms with Crippen LogP contribution in [0.5, 0.6) is 0 Å². The van der Waals surface area contributed by atoms with Gasteiger partial charge in [-0.25, -0.2) is 4.39 Å². The van der Waals surface area contributed by atoms with Crippen molar-refractivity contribution in [2.45, 2.75) is 12.8 Å². The Morgan fingerprint density at radius 1 is 1.32 bits per heavy atom. The molecule has 3 nitrogen and oxygen atoms in total. The first-order chi connectivity index (χ1) is 9.08. The van der Waals surface area contributed by atoms with Crippen LogP contribution in [0.4, 0.5) is 4.39 Å². The molecule has 0 aliphatic carbocycles. The molecule has 104 valence electrons. The van der Waals surface area contributed by atoms with Crippen molar-refractivity contribution in [3.8, 4) is 0 Å². The van der Waals surface area contributed by atoms with Crippen LogP contribution < -0.4 is 0 Å². The van der Waals surface area contributed by atoms with Crippen LogP contribution in [0.2, 0.25) is 5.02 Å². The third kappa shape index (κ3) is 3.67. The number of amides is 1. The molecule has 5 heteroatoms. The lowest BCUT2D eigenvalue weighted by Gasteiger charge is -2.21. The molecule has 1 aliphatic heterocycles. The van der Waals surface area contributed by atoms with Gasteiger partial charge in [-0.1, -0.05) is 17.7 Å². The van der Waals surface area contributed by atoms with Crippen LogP contribution in [-0.4, -0.2) is 48.9 Å². The maximum Gasteiger partial charge on any atom is 0.227 e. The summed E-state index contributed by atoms with van der Waals surface area (Å²) >= 11 is 5.95. The first-order valence-corrected chi connectivity index (χ1v) is 6.85. The monoisotopic (exact) mass is 284 g/mol. The van der Waals surface area contributed by atoms with E-state index in [0.29, 0.717) is 17.1 Å². The van der Waals surface area contributed by atoms with E-state index < -0.39 is 5.82 Å². The van der Waals surface area contributed by atoms with Gasteiger partial charge >= 0.3 is 0 Å². The Bertz CT molecular complexity index is 447. The van der Waals surface area contributed by atoms with Crippen molar-refractivity contribution in [2.75, 3.05) is 33.2 Å². The zero-order chi connectivity index (χ0) is 13.8. The molecule has 0 saturated carbocycles. The van der Waals surface area contributed by atoms with Gasteiger partial charge < -0.3 is 9.80 Å². The van der Waals surface area contributed by atoms with Crippen LogP contribution in [0, 0.1) is 5.82 Å². The van der Waals surface area contributed by atoms with E-state index in [2.05, 4.69) is 4.90 Å². The fraction of sp³-hybridized carbons (Fsp3) is 0.500. The zero-order valence-electron chi connectivity index (χ0n) is 11.0. The number of benzene rings is 1. The Kier molecular flexibility index (Phi) is 4.77. The normalized spacial score (nSPS) is 17.3. The Hall–Kier alpha value is -1.13. The van der Waals surface area contributed by atoms with Gasteiger partial charge in [-0.2, -0.15) is 0 Å². The fourth-order valence-electron chi connectivity index (χ4n) is 2.26. The molecule has 0 N–H and O–H groups in total. The van der Waals surface area contributed by atoms with Crippen molar-refractivity contribution in [3.05, 3.63) is 34.6 Å². The third-order valence-corrected chi connectivity index (χ3v) is 3.82. The first-order valence-electron chi connectivity index (χ1n) is 6.47. The summed E-state index contributed by atoms with van der Waals surface area (Å²) in [6, 6.07) is 4.50. The van der Waals surface area contributed by atoms with E-state index in [9.17, 15) is 9.18 Å². The second kappa shape index (κ2) is 6.35. The Balaban J connectivity index is 2.04. The van der Waals surface area contributed by atoms with E-state index in [1.54, 1.807) is 17.0 Å². The van der Waals surface area contributed by atoms with Gasteiger partial charge in [0.1, 0.15) is 5.82 Å². The second-order valence-electron chi connectivity index (χ2n) is 4.91. The molecule has 0 unspecified atom stereocenters. The number of halogens is 2. The number of hydrogen-bond donors (Lipinski definition) is 0. The summed E-state index contributed by atoms with van der Waals surface area (Å²) in [7, 11) is 2.04. The SMILES string of the molecule is CN1CCCN(C(=O)Cc2c(F)cccc2Cl)CC1. The van der Waals surface area contributed by atoms with Crippen molar-refractivity contribution in [2.24, 2.45) is 0 Å². The van der Waals surface area contributed by atoms with Gasteiger partial charge in [0.15, 0.2) is 0 Å². The first kappa shape index (κ1) is 14.3. The predicted molar refractivity (Wildman–Crippen MR) is 73.8 cm³/mol. The molecular weight excluding hydrogens is 267 g/mol. The molecule has 1 aromatic carbocycles. The Labute approximate surface area is 117 Å². The van der Waals surface area contributed by atoms with Crippen molar-refractivity contribution >= 4 is 17.5 Å². The zero-order valence-corrected chi connectivity index (χ0v) is 11.8. The molecule has 0 aromatic heterocycles. The van der Waals surface area contributed by atoms with E-state index >= 15 is 0 Å². The summed E-state index contributed by atoms with van der Waals surface area (Å²) in [5, 5.41) is 0.320. The van der Waals surface area contributed by atoms with E-state index in [-0.39, 0.29) is 12.3 Å². The second-order valence-corrected chi connectivity index (χ2v) is 5.32.